The topological polar surface area (TPSA) is 52.6 Å². The van der Waals surface area contributed by atoms with Gasteiger partial charge in [-0.15, -0.1) is 0 Å². The van der Waals surface area contributed by atoms with E-state index in [2.05, 4.69) is 0 Å². The number of hydrogen-bond donors (Lipinski definition) is 0. The molecule has 0 amide bonds. The second kappa shape index (κ2) is 7.27. The maximum absolute atomic E-state index is 11.7. The minimum Gasteiger partial charge on any atom is -0.463 e. The van der Waals surface area contributed by atoms with Crippen LogP contribution in [0.2, 0.25) is 0 Å². The Morgan fingerprint density at radius 1 is 1.17 bits per heavy atom. The van der Waals surface area contributed by atoms with E-state index in [9.17, 15) is 9.59 Å². The molecule has 0 heterocycles. The predicted molar refractivity (Wildman–Crippen MR) is 67.7 cm³/mol. The molecular weight excluding hydrogens is 232 g/mol. The Morgan fingerprint density at radius 3 is 2.39 bits per heavy atom. The second-order valence-corrected chi connectivity index (χ2v) is 3.58. The monoisotopic (exact) mass is 248 g/mol. The first-order valence-corrected chi connectivity index (χ1v) is 5.69. The Morgan fingerprint density at radius 2 is 1.83 bits per heavy atom. The van der Waals surface area contributed by atoms with Crippen LogP contribution in [0.1, 0.15) is 19.4 Å². The summed E-state index contributed by atoms with van der Waals surface area (Å²) < 4.78 is 9.75. The van der Waals surface area contributed by atoms with Gasteiger partial charge in [-0.2, -0.15) is 0 Å². The van der Waals surface area contributed by atoms with Crippen LogP contribution in [0.15, 0.2) is 35.9 Å². The van der Waals surface area contributed by atoms with Crippen molar-refractivity contribution in [1.82, 2.24) is 0 Å². The van der Waals surface area contributed by atoms with E-state index in [0.29, 0.717) is 5.57 Å². The van der Waals surface area contributed by atoms with Crippen LogP contribution < -0.4 is 0 Å². The van der Waals surface area contributed by atoms with E-state index >= 15 is 0 Å². The number of ether oxygens (including phenoxy) is 2. The lowest BCUT2D eigenvalue weighted by atomic mass is 10.1. The van der Waals surface area contributed by atoms with E-state index in [4.69, 9.17) is 9.47 Å². The fourth-order valence-electron chi connectivity index (χ4n) is 1.31. The third-order valence-electron chi connectivity index (χ3n) is 2.11. The number of benzene rings is 1. The van der Waals surface area contributed by atoms with Gasteiger partial charge in [-0.25, -0.2) is 4.79 Å². The lowest BCUT2D eigenvalue weighted by Crippen LogP contribution is -2.14. The van der Waals surface area contributed by atoms with Gasteiger partial charge in [0.1, 0.15) is 6.61 Å². The van der Waals surface area contributed by atoms with Crippen LogP contribution in [0.25, 0.3) is 6.08 Å². The summed E-state index contributed by atoms with van der Waals surface area (Å²) in [5.74, 6) is -0.902. The molecule has 0 aliphatic rings. The van der Waals surface area contributed by atoms with Crippen molar-refractivity contribution >= 4 is 18.0 Å². The predicted octanol–water partition coefficient (Wildman–Crippen LogP) is 2.20. The Hall–Kier alpha value is -2.10. The first-order chi connectivity index (χ1) is 8.63. The summed E-state index contributed by atoms with van der Waals surface area (Å²) >= 11 is 0. The summed E-state index contributed by atoms with van der Waals surface area (Å²) in [6, 6.07) is 9.31. The summed E-state index contributed by atoms with van der Waals surface area (Å²) in [5.41, 5.74) is 1.17. The molecule has 1 aromatic rings. The highest BCUT2D eigenvalue weighted by Gasteiger charge is 2.12. The fourth-order valence-corrected chi connectivity index (χ4v) is 1.31. The van der Waals surface area contributed by atoms with E-state index in [0.717, 1.165) is 5.56 Å². The van der Waals surface area contributed by atoms with Crippen LogP contribution in [-0.2, 0) is 19.1 Å². The van der Waals surface area contributed by atoms with Gasteiger partial charge in [0.15, 0.2) is 0 Å². The molecule has 0 N–H and O–H groups in total. The van der Waals surface area contributed by atoms with Gasteiger partial charge in [-0.3, -0.25) is 4.79 Å². The number of hydrogen-bond acceptors (Lipinski definition) is 4. The highest BCUT2D eigenvalue weighted by molar-refractivity contribution is 5.94. The van der Waals surface area contributed by atoms with Gasteiger partial charge in [0.2, 0.25) is 0 Å². The summed E-state index contributed by atoms with van der Waals surface area (Å²) in [5, 5.41) is 0. The molecule has 18 heavy (non-hydrogen) atoms. The number of esters is 2. The average molecular weight is 248 g/mol. The number of carbonyl (C=O) groups is 2. The molecule has 0 atom stereocenters. The molecule has 0 saturated heterocycles. The third kappa shape index (κ3) is 4.82. The number of rotatable bonds is 5. The SMILES string of the molecule is CCOC(=O)/C(=C/c1ccccc1)COC(C)=O. The van der Waals surface area contributed by atoms with E-state index in [1.807, 2.05) is 30.3 Å². The second-order valence-electron chi connectivity index (χ2n) is 3.58. The van der Waals surface area contributed by atoms with Crippen molar-refractivity contribution in [1.29, 1.82) is 0 Å². The van der Waals surface area contributed by atoms with Crippen molar-refractivity contribution in [2.75, 3.05) is 13.2 Å². The molecule has 1 aromatic carbocycles. The molecule has 1 rings (SSSR count). The van der Waals surface area contributed by atoms with Crippen molar-refractivity contribution in [3.05, 3.63) is 41.5 Å². The van der Waals surface area contributed by atoms with E-state index in [1.54, 1.807) is 13.0 Å². The molecule has 4 nitrogen and oxygen atoms in total. The van der Waals surface area contributed by atoms with Gasteiger partial charge < -0.3 is 9.47 Å². The zero-order valence-electron chi connectivity index (χ0n) is 10.5. The molecule has 0 spiro atoms. The molecule has 0 bridgehead atoms. The third-order valence-corrected chi connectivity index (χ3v) is 2.11. The molecule has 0 aromatic heterocycles. The number of carbonyl (C=O) groups excluding carboxylic acids is 2. The summed E-state index contributed by atoms with van der Waals surface area (Å²) in [7, 11) is 0. The lowest BCUT2D eigenvalue weighted by molar-refractivity contribution is -0.142. The summed E-state index contributed by atoms with van der Waals surface area (Å²) in [4.78, 5) is 22.5. The van der Waals surface area contributed by atoms with Gasteiger partial charge >= 0.3 is 11.9 Å². The van der Waals surface area contributed by atoms with Crippen molar-refractivity contribution in [2.24, 2.45) is 0 Å². The zero-order chi connectivity index (χ0) is 13.4. The first-order valence-electron chi connectivity index (χ1n) is 5.69. The first kappa shape index (κ1) is 14.0. The molecule has 0 saturated carbocycles. The minimum absolute atomic E-state index is 0.0803. The van der Waals surface area contributed by atoms with Crippen LogP contribution in [-0.4, -0.2) is 25.2 Å². The minimum atomic E-state index is -0.470. The van der Waals surface area contributed by atoms with Gasteiger partial charge in [0, 0.05) is 6.92 Å². The van der Waals surface area contributed by atoms with E-state index < -0.39 is 11.9 Å². The van der Waals surface area contributed by atoms with Crippen LogP contribution in [0.3, 0.4) is 0 Å². The summed E-state index contributed by atoms with van der Waals surface area (Å²) in [6.45, 7) is 3.23. The van der Waals surface area contributed by atoms with Gasteiger partial charge in [0.05, 0.1) is 12.2 Å². The van der Waals surface area contributed by atoms with Gasteiger partial charge in [-0.05, 0) is 18.6 Å². The van der Waals surface area contributed by atoms with Crippen molar-refractivity contribution in [3.63, 3.8) is 0 Å². The van der Waals surface area contributed by atoms with E-state index in [-0.39, 0.29) is 13.2 Å². The highest BCUT2D eigenvalue weighted by atomic mass is 16.5. The highest BCUT2D eigenvalue weighted by Crippen LogP contribution is 2.09. The quantitative estimate of drug-likeness (QED) is 0.592. The standard InChI is InChI=1S/C14H16O4/c1-3-17-14(16)13(10-18-11(2)15)9-12-7-5-4-6-8-12/h4-9H,3,10H2,1-2H3/b13-9+. The lowest BCUT2D eigenvalue weighted by Gasteiger charge is -2.07. The molecule has 0 radical (unpaired) electrons. The Bertz CT molecular complexity index is 434. The summed E-state index contributed by atoms with van der Waals surface area (Å²) in [6.07, 6.45) is 1.65. The smallest absolute Gasteiger partial charge is 0.337 e. The van der Waals surface area contributed by atoms with Gasteiger partial charge in [0.25, 0.3) is 0 Å². The molecule has 0 aliphatic carbocycles. The van der Waals surface area contributed by atoms with Gasteiger partial charge in [-0.1, -0.05) is 30.3 Å². The fraction of sp³-hybridized carbons (Fsp3) is 0.286. The molecule has 0 aliphatic heterocycles. The molecule has 4 heteroatoms. The molecular formula is C14H16O4. The zero-order valence-corrected chi connectivity index (χ0v) is 10.5. The van der Waals surface area contributed by atoms with Crippen molar-refractivity contribution < 1.29 is 19.1 Å². The average Bonchev–Trinajstić information content (AvgIpc) is 2.35. The maximum atomic E-state index is 11.7. The van der Waals surface area contributed by atoms with Crippen LogP contribution in [0.4, 0.5) is 0 Å². The Labute approximate surface area is 106 Å². The normalized spacial score (nSPS) is 10.9. The largest absolute Gasteiger partial charge is 0.463 e. The molecule has 96 valence electrons. The van der Waals surface area contributed by atoms with Crippen LogP contribution in [0, 0.1) is 0 Å². The Kier molecular flexibility index (Phi) is 5.64. The van der Waals surface area contributed by atoms with Crippen LogP contribution in [0.5, 0.6) is 0 Å². The molecule has 0 unspecified atom stereocenters. The van der Waals surface area contributed by atoms with Crippen molar-refractivity contribution in [2.45, 2.75) is 13.8 Å². The molecule has 0 fully saturated rings. The maximum Gasteiger partial charge on any atom is 0.337 e. The van der Waals surface area contributed by atoms with Crippen molar-refractivity contribution in [3.8, 4) is 0 Å². The van der Waals surface area contributed by atoms with E-state index in [1.165, 1.54) is 6.92 Å². The van der Waals surface area contributed by atoms with Crippen LogP contribution >= 0.6 is 0 Å². The Balaban J connectivity index is 2.85.